The Kier molecular flexibility index (Phi) is 13.3. The van der Waals surface area contributed by atoms with E-state index in [9.17, 15) is 43.5 Å². The monoisotopic (exact) mass is 753 g/mol. The Balaban J connectivity index is 1.50. The minimum atomic E-state index is -1.94. The number of carbonyl (C=O) groups excluding carboxylic acids is 7. The van der Waals surface area contributed by atoms with Crippen LogP contribution in [0.3, 0.4) is 0 Å². The van der Waals surface area contributed by atoms with Crippen LogP contribution in [0.5, 0.6) is 0 Å². The Labute approximate surface area is 310 Å². The van der Waals surface area contributed by atoms with E-state index in [1.54, 1.807) is 19.9 Å². The fourth-order valence-corrected chi connectivity index (χ4v) is 6.20. The van der Waals surface area contributed by atoms with E-state index in [4.69, 9.17) is 15.9 Å². The molecule has 0 aliphatic heterocycles. The number of aliphatic hydroxyl groups is 2. The zero-order chi connectivity index (χ0) is 39.8. The van der Waals surface area contributed by atoms with Crippen molar-refractivity contribution in [1.82, 2.24) is 31.9 Å². The van der Waals surface area contributed by atoms with Crippen LogP contribution in [-0.4, -0.2) is 112 Å². The number of aliphatic hydroxyl groups excluding tert-OH is 2. The van der Waals surface area contributed by atoms with Crippen LogP contribution < -0.4 is 37.6 Å². The maximum Gasteiger partial charge on any atom is 0.303 e. The SMILES string of the molecule is CC(C)[C@H](NC(=O)[C@@]1(NC(=O)[C@H](CC(N)=O)NC(=O)[C@@]2(NC(=O)CCC(=O)O)C[C@H]2c2ccc3ccccc3c2)C[C@H]1O)C(=O)NCC(=O)NCCCO. The normalized spacial score (nSPS) is 22.2. The molecule has 54 heavy (non-hydrogen) atoms. The summed E-state index contributed by atoms with van der Waals surface area (Å²) >= 11 is 0. The smallest absolute Gasteiger partial charge is 0.303 e. The van der Waals surface area contributed by atoms with Gasteiger partial charge in [-0.15, -0.1) is 0 Å². The third kappa shape index (κ3) is 10.1. The fourth-order valence-electron chi connectivity index (χ4n) is 6.20. The molecule has 0 radical (unpaired) electrons. The number of amides is 7. The van der Waals surface area contributed by atoms with Gasteiger partial charge in [-0.25, -0.2) is 0 Å². The molecular weight excluding hydrogens is 706 g/mol. The fraction of sp³-hybridized carbons (Fsp3) is 0.500. The first kappa shape index (κ1) is 41.1. The van der Waals surface area contributed by atoms with Crippen LogP contribution in [-0.2, 0) is 38.4 Å². The van der Waals surface area contributed by atoms with Gasteiger partial charge in [-0.2, -0.15) is 0 Å². The van der Waals surface area contributed by atoms with E-state index in [1.165, 1.54) is 0 Å². The molecule has 0 saturated heterocycles. The van der Waals surface area contributed by atoms with Gasteiger partial charge in [-0.05, 0) is 35.1 Å². The summed E-state index contributed by atoms with van der Waals surface area (Å²) in [6.45, 7) is 2.90. The first-order chi connectivity index (χ1) is 25.5. The Bertz CT molecular complexity index is 1800. The van der Waals surface area contributed by atoms with Crippen molar-refractivity contribution < 1.29 is 53.7 Å². The number of nitrogens with one attached hydrogen (secondary N) is 6. The molecule has 0 aromatic heterocycles. The first-order valence-corrected chi connectivity index (χ1v) is 17.6. The minimum absolute atomic E-state index is 0.0783. The lowest BCUT2D eigenvalue weighted by atomic mass is 10.0. The number of hydrogen-bond acceptors (Lipinski definition) is 10. The van der Waals surface area contributed by atoms with Gasteiger partial charge in [0.05, 0.1) is 25.5 Å². The molecule has 2 aromatic carbocycles. The van der Waals surface area contributed by atoms with Crippen LogP contribution in [0, 0.1) is 5.92 Å². The molecule has 2 aliphatic rings. The Morgan fingerprint density at radius 2 is 1.50 bits per heavy atom. The van der Waals surface area contributed by atoms with E-state index >= 15 is 0 Å². The molecule has 11 N–H and O–H groups in total. The number of carboxylic acid groups (broad SMARTS) is 1. The van der Waals surface area contributed by atoms with Gasteiger partial charge in [0.15, 0.2) is 0 Å². The number of carboxylic acids is 1. The van der Waals surface area contributed by atoms with Gasteiger partial charge in [0.2, 0.25) is 41.4 Å². The van der Waals surface area contributed by atoms with E-state index in [-0.39, 0.29) is 26.0 Å². The number of nitrogens with two attached hydrogens (primary N) is 1. The van der Waals surface area contributed by atoms with E-state index in [0.29, 0.717) is 12.0 Å². The van der Waals surface area contributed by atoms with Crippen LogP contribution in [0.1, 0.15) is 63.9 Å². The second kappa shape index (κ2) is 17.5. The number of fused-ring (bicyclic) bond motifs is 1. The van der Waals surface area contributed by atoms with Gasteiger partial charge in [0.1, 0.15) is 23.2 Å². The molecule has 292 valence electrons. The molecular formula is C36H47N7O11. The van der Waals surface area contributed by atoms with Crippen molar-refractivity contribution in [2.75, 3.05) is 19.7 Å². The maximum absolute atomic E-state index is 14.0. The first-order valence-electron chi connectivity index (χ1n) is 17.6. The number of hydrogen-bond donors (Lipinski definition) is 10. The summed E-state index contributed by atoms with van der Waals surface area (Å²) in [6.07, 6.45) is -2.93. The van der Waals surface area contributed by atoms with Crippen molar-refractivity contribution >= 4 is 58.1 Å². The summed E-state index contributed by atoms with van der Waals surface area (Å²) in [6, 6.07) is 10.1. The highest BCUT2D eigenvalue weighted by atomic mass is 16.4. The van der Waals surface area contributed by atoms with Gasteiger partial charge in [-0.1, -0.05) is 56.3 Å². The molecule has 18 heteroatoms. The summed E-state index contributed by atoms with van der Waals surface area (Å²) in [5, 5.41) is 45.2. The third-order valence-electron chi connectivity index (χ3n) is 9.49. The van der Waals surface area contributed by atoms with Crippen LogP contribution in [0.15, 0.2) is 42.5 Å². The summed E-state index contributed by atoms with van der Waals surface area (Å²) in [5.41, 5.74) is 2.54. The zero-order valence-corrected chi connectivity index (χ0v) is 30.0. The average molecular weight is 754 g/mol. The lowest BCUT2D eigenvalue weighted by molar-refractivity contribution is -0.139. The second-order valence-corrected chi connectivity index (χ2v) is 14.0. The molecule has 0 spiro atoms. The van der Waals surface area contributed by atoms with E-state index in [1.807, 2.05) is 36.4 Å². The number of rotatable bonds is 20. The van der Waals surface area contributed by atoms with Crippen LogP contribution >= 0.6 is 0 Å². The predicted octanol–water partition coefficient (Wildman–Crippen LogP) is -2.22. The summed E-state index contributed by atoms with van der Waals surface area (Å²) < 4.78 is 0. The minimum Gasteiger partial charge on any atom is -0.481 e. The maximum atomic E-state index is 14.0. The number of carbonyl (C=O) groups is 8. The highest BCUT2D eigenvalue weighted by Crippen LogP contribution is 2.52. The van der Waals surface area contributed by atoms with Gasteiger partial charge in [0.25, 0.3) is 0 Å². The van der Waals surface area contributed by atoms with Crippen molar-refractivity contribution in [1.29, 1.82) is 0 Å². The van der Waals surface area contributed by atoms with Gasteiger partial charge in [0, 0.05) is 31.9 Å². The number of primary amides is 1. The third-order valence-corrected chi connectivity index (χ3v) is 9.49. The lowest BCUT2D eigenvalue weighted by Crippen LogP contribution is -2.62. The molecule has 4 rings (SSSR count). The average Bonchev–Trinajstić information content (AvgIpc) is 4.02. The summed E-state index contributed by atoms with van der Waals surface area (Å²) in [4.78, 5) is 102. The predicted molar refractivity (Wildman–Crippen MR) is 191 cm³/mol. The number of aliphatic carboxylic acids is 1. The van der Waals surface area contributed by atoms with Gasteiger partial charge >= 0.3 is 5.97 Å². The molecule has 6 atom stereocenters. The highest BCUT2D eigenvalue weighted by Gasteiger charge is 2.64. The Morgan fingerprint density at radius 3 is 2.11 bits per heavy atom. The number of benzene rings is 2. The van der Waals surface area contributed by atoms with Crippen molar-refractivity contribution in [3.05, 3.63) is 48.0 Å². The van der Waals surface area contributed by atoms with Crippen LogP contribution in [0.25, 0.3) is 10.8 Å². The second-order valence-electron chi connectivity index (χ2n) is 14.0. The molecule has 0 heterocycles. The highest BCUT2D eigenvalue weighted by molar-refractivity contribution is 6.03. The van der Waals surface area contributed by atoms with Gasteiger partial charge < -0.3 is 53.0 Å². The molecule has 0 unspecified atom stereocenters. The quantitative estimate of drug-likeness (QED) is 0.0647. The molecule has 2 saturated carbocycles. The van der Waals surface area contributed by atoms with E-state index in [2.05, 4.69) is 31.9 Å². The van der Waals surface area contributed by atoms with Crippen molar-refractivity contribution in [2.45, 2.75) is 87.6 Å². The summed E-state index contributed by atoms with van der Waals surface area (Å²) in [7, 11) is 0. The van der Waals surface area contributed by atoms with E-state index in [0.717, 1.165) is 10.8 Å². The standard InChI is InChI=1S/C36H47N7O11/c1-19(2)30(32(52)39-18-28(48)38-12-5-13-44)41-34(54)36(17-25(36)45)43-31(51)24(15-26(37)46)40-33(53)35(42-27(47)10-11-29(49)50)16-23(35)22-9-8-20-6-3-4-7-21(20)14-22/h3-4,6-9,14,19,23-25,30,44-45H,5,10-13,15-18H2,1-2H3,(H2,37,46)(H,38,48)(H,39,52)(H,40,53)(H,41,54)(H,42,47)(H,43,51)(H,49,50)/t23-,24-,25+,30-,35+,36+/m0/s1. The van der Waals surface area contributed by atoms with Crippen molar-refractivity contribution in [3.63, 3.8) is 0 Å². The Morgan fingerprint density at radius 1 is 0.833 bits per heavy atom. The van der Waals surface area contributed by atoms with Gasteiger partial charge in [-0.3, -0.25) is 38.4 Å². The topological polar surface area (TPSA) is 295 Å². The molecule has 7 amide bonds. The molecule has 0 bridgehead atoms. The zero-order valence-electron chi connectivity index (χ0n) is 30.0. The summed E-state index contributed by atoms with van der Waals surface area (Å²) in [5.74, 6) is -8.14. The van der Waals surface area contributed by atoms with Crippen molar-refractivity contribution in [3.8, 4) is 0 Å². The molecule has 2 aliphatic carbocycles. The largest absolute Gasteiger partial charge is 0.481 e. The van der Waals surface area contributed by atoms with Crippen molar-refractivity contribution in [2.24, 2.45) is 11.7 Å². The molecule has 2 fully saturated rings. The lowest BCUT2D eigenvalue weighted by Gasteiger charge is -2.27. The Hall–Kier alpha value is -5.62. The van der Waals surface area contributed by atoms with Crippen LogP contribution in [0.2, 0.25) is 0 Å². The molecule has 18 nitrogen and oxygen atoms in total. The molecule has 2 aromatic rings. The van der Waals surface area contributed by atoms with E-state index < -0.39 is 114 Å². The van der Waals surface area contributed by atoms with Crippen LogP contribution in [0.4, 0.5) is 0 Å².